The van der Waals surface area contributed by atoms with Crippen LogP contribution in [0.4, 0.5) is 10.1 Å². The van der Waals surface area contributed by atoms with E-state index in [4.69, 9.17) is 9.15 Å². The lowest BCUT2D eigenvalue weighted by atomic mass is 10.2. The van der Waals surface area contributed by atoms with Gasteiger partial charge < -0.3 is 19.4 Å². The van der Waals surface area contributed by atoms with Crippen LogP contribution in [0.15, 0.2) is 58.2 Å². The summed E-state index contributed by atoms with van der Waals surface area (Å²) >= 11 is 1.43. The van der Waals surface area contributed by atoms with Crippen molar-refractivity contribution in [1.82, 2.24) is 10.2 Å². The first-order valence-electron chi connectivity index (χ1n) is 9.07. The van der Waals surface area contributed by atoms with E-state index < -0.39 is 0 Å². The Balaban J connectivity index is 1.32. The highest BCUT2D eigenvalue weighted by Gasteiger charge is 2.30. The normalized spacial score (nSPS) is 19.1. The highest BCUT2D eigenvalue weighted by Crippen LogP contribution is 2.27. The Kier molecular flexibility index (Phi) is 5.61. The molecule has 2 aromatic carbocycles. The standard InChI is InChI=1S/C20H21FN4O2S/c1-25(2)14-9-7-13(8-10-14)18-22-11-15(26-18)12-28-20-24-23-19(27-20)16-5-3-4-6-17(16)21/h3-10,15,18,22H,11-12H2,1-2H3/p+1/t15-,18-/m1/s1. The van der Waals surface area contributed by atoms with E-state index in [1.165, 1.54) is 17.8 Å². The Morgan fingerprint density at radius 3 is 2.68 bits per heavy atom. The molecule has 28 heavy (non-hydrogen) atoms. The van der Waals surface area contributed by atoms with Gasteiger partial charge in [0, 0.05) is 31.1 Å². The van der Waals surface area contributed by atoms with Gasteiger partial charge >= 0.3 is 0 Å². The van der Waals surface area contributed by atoms with Crippen molar-refractivity contribution in [2.75, 3.05) is 31.3 Å². The van der Waals surface area contributed by atoms with Crippen molar-refractivity contribution >= 4 is 17.4 Å². The molecule has 0 radical (unpaired) electrons. The third kappa shape index (κ3) is 4.19. The minimum atomic E-state index is -0.375. The van der Waals surface area contributed by atoms with E-state index in [0.29, 0.717) is 16.5 Å². The number of halogens is 1. The fourth-order valence-electron chi connectivity index (χ4n) is 3.05. The molecule has 0 unspecified atom stereocenters. The van der Waals surface area contributed by atoms with Gasteiger partial charge in [-0.2, -0.15) is 0 Å². The first kappa shape index (κ1) is 18.9. The molecule has 0 saturated carbocycles. The first-order chi connectivity index (χ1) is 13.6. The van der Waals surface area contributed by atoms with E-state index in [-0.39, 0.29) is 24.0 Å². The molecule has 6 nitrogen and oxygen atoms in total. The number of aromatic nitrogens is 2. The largest absolute Gasteiger partial charge is 0.411 e. The number of ether oxygens (including phenoxy) is 1. The summed E-state index contributed by atoms with van der Waals surface area (Å²) in [5.74, 6) is 0.514. The van der Waals surface area contributed by atoms with Gasteiger partial charge in [0.15, 0.2) is 0 Å². The Morgan fingerprint density at radius 2 is 1.93 bits per heavy atom. The zero-order valence-corrected chi connectivity index (χ0v) is 16.5. The maximum absolute atomic E-state index is 13.8. The predicted octanol–water partition coefficient (Wildman–Crippen LogP) is 2.69. The lowest BCUT2D eigenvalue weighted by Crippen LogP contribution is -2.82. The average Bonchev–Trinajstić information content (AvgIpc) is 3.36. The quantitative estimate of drug-likeness (QED) is 0.641. The molecule has 1 aliphatic heterocycles. The third-order valence-corrected chi connectivity index (χ3v) is 5.54. The van der Waals surface area contributed by atoms with Crippen LogP contribution in [0.3, 0.4) is 0 Å². The van der Waals surface area contributed by atoms with E-state index in [9.17, 15) is 4.39 Å². The molecule has 2 heterocycles. The highest BCUT2D eigenvalue weighted by atomic mass is 32.2. The van der Waals surface area contributed by atoms with Crippen LogP contribution in [-0.4, -0.2) is 42.7 Å². The van der Waals surface area contributed by atoms with Crippen molar-refractivity contribution in [2.45, 2.75) is 17.6 Å². The number of nitrogens with zero attached hydrogens (tertiary/aromatic N) is 3. The van der Waals surface area contributed by atoms with Crippen LogP contribution in [-0.2, 0) is 4.74 Å². The van der Waals surface area contributed by atoms with E-state index in [1.54, 1.807) is 18.2 Å². The monoisotopic (exact) mass is 401 g/mol. The molecule has 3 aromatic rings. The molecule has 1 aromatic heterocycles. The molecule has 0 bridgehead atoms. The molecule has 2 atom stereocenters. The van der Waals surface area contributed by atoms with Gasteiger partial charge in [-0.05, 0) is 36.4 Å². The zero-order valence-electron chi connectivity index (χ0n) is 15.7. The van der Waals surface area contributed by atoms with Gasteiger partial charge in [0.2, 0.25) is 6.23 Å². The number of thioether (sulfide) groups is 1. The minimum Gasteiger partial charge on any atom is -0.411 e. The number of nitrogens with two attached hydrogens (primary N) is 1. The summed E-state index contributed by atoms with van der Waals surface area (Å²) in [7, 11) is 4.05. The maximum atomic E-state index is 13.8. The van der Waals surface area contributed by atoms with Crippen LogP contribution in [0, 0.1) is 5.82 Å². The Hall–Kier alpha value is -2.42. The first-order valence-corrected chi connectivity index (χ1v) is 10.1. The molecule has 1 fully saturated rings. The van der Waals surface area contributed by atoms with Crippen molar-refractivity contribution in [2.24, 2.45) is 0 Å². The molecular formula is C20H22FN4O2S+. The summed E-state index contributed by atoms with van der Waals surface area (Å²) in [5.41, 5.74) is 2.63. The van der Waals surface area contributed by atoms with Crippen LogP contribution >= 0.6 is 11.8 Å². The molecule has 8 heteroatoms. The topological polar surface area (TPSA) is 68.0 Å². The molecular weight excluding hydrogens is 379 g/mol. The van der Waals surface area contributed by atoms with Gasteiger partial charge in [-0.15, -0.1) is 10.2 Å². The van der Waals surface area contributed by atoms with Crippen LogP contribution in [0.5, 0.6) is 0 Å². The molecule has 0 aliphatic carbocycles. The number of hydrogen-bond acceptors (Lipinski definition) is 6. The molecule has 1 aliphatic rings. The molecule has 0 spiro atoms. The van der Waals surface area contributed by atoms with Crippen molar-refractivity contribution in [3.63, 3.8) is 0 Å². The molecule has 1 saturated heterocycles. The summed E-state index contributed by atoms with van der Waals surface area (Å²) in [6.45, 7) is 0.863. The summed E-state index contributed by atoms with van der Waals surface area (Å²) in [5, 5.41) is 10.6. The van der Waals surface area contributed by atoms with Gasteiger partial charge in [-0.1, -0.05) is 23.9 Å². The Labute approximate surface area is 167 Å². The number of benzene rings is 2. The molecule has 0 amide bonds. The van der Waals surface area contributed by atoms with Gasteiger partial charge in [0.05, 0.1) is 5.56 Å². The second kappa shape index (κ2) is 8.30. The highest BCUT2D eigenvalue weighted by molar-refractivity contribution is 7.99. The number of anilines is 1. The lowest BCUT2D eigenvalue weighted by molar-refractivity contribution is -0.697. The summed E-state index contributed by atoms with van der Waals surface area (Å²) in [6, 6.07) is 14.8. The zero-order chi connectivity index (χ0) is 19.5. The summed E-state index contributed by atoms with van der Waals surface area (Å²) in [6.07, 6.45) is 0.0748. The number of rotatable bonds is 6. The minimum absolute atomic E-state index is 0.00141. The Morgan fingerprint density at radius 1 is 1.14 bits per heavy atom. The van der Waals surface area contributed by atoms with E-state index in [1.807, 2.05) is 14.1 Å². The van der Waals surface area contributed by atoms with Crippen LogP contribution < -0.4 is 10.2 Å². The second-order valence-corrected chi connectivity index (χ2v) is 7.77. The van der Waals surface area contributed by atoms with Crippen molar-refractivity contribution < 1.29 is 18.9 Å². The molecule has 146 valence electrons. The van der Waals surface area contributed by atoms with Crippen molar-refractivity contribution in [1.29, 1.82) is 0 Å². The smallest absolute Gasteiger partial charge is 0.276 e. The van der Waals surface area contributed by atoms with Crippen LogP contribution in [0.2, 0.25) is 0 Å². The summed E-state index contributed by atoms with van der Waals surface area (Å²) in [4.78, 5) is 2.07. The number of hydrogen-bond donors (Lipinski definition) is 1. The lowest BCUT2D eigenvalue weighted by Gasteiger charge is -2.14. The maximum Gasteiger partial charge on any atom is 0.276 e. The van der Waals surface area contributed by atoms with Gasteiger partial charge in [-0.25, -0.2) is 4.39 Å². The SMILES string of the molecule is CN(C)c1ccc([C@@H]2[NH2+]C[C@H](CSc3nnc(-c4ccccc4F)o3)O2)cc1. The van der Waals surface area contributed by atoms with Crippen molar-refractivity contribution in [3.8, 4) is 11.5 Å². The van der Waals surface area contributed by atoms with Crippen molar-refractivity contribution in [3.05, 3.63) is 59.9 Å². The molecule has 4 rings (SSSR count). The fourth-order valence-corrected chi connectivity index (χ4v) is 3.83. The van der Waals surface area contributed by atoms with Gasteiger partial charge in [-0.3, -0.25) is 0 Å². The second-order valence-electron chi connectivity index (χ2n) is 6.80. The average molecular weight is 401 g/mol. The van der Waals surface area contributed by atoms with E-state index in [2.05, 4.69) is 44.7 Å². The summed E-state index contributed by atoms with van der Waals surface area (Å²) < 4.78 is 25.6. The van der Waals surface area contributed by atoms with Gasteiger partial charge in [0.25, 0.3) is 11.1 Å². The van der Waals surface area contributed by atoms with Crippen LogP contribution in [0.1, 0.15) is 11.8 Å². The van der Waals surface area contributed by atoms with E-state index >= 15 is 0 Å². The number of quaternary nitrogens is 1. The fraction of sp³-hybridized carbons (Fsp3) is 0.300. The van der Waals surface area contributed by atoms with Crippen LogP contribution in [0.25, 0.3) is 11.5 Å². The Bertz CT molecular complexity index is 932. The molecule has 2 N–H and O–H groups in total. The third-order valence-electron chi connectivity index (χ3n) is 4.59. The predicted molar refractivity (Wildman–Crippen MR) is 106 cm³/mol. The van der Waals surface area contributed by atoms with E-state index in [0.717, 1.165) is 17.8 Å². The van der Waals surface area contributed by atoms with Gasteiger partial charge in [0.1, 0.15) is 18.5 Å².